The molecule has 0 N–H and O–H groups in total. The molecule has 0 atom stereocenters. The number of fused-ring (bicyclic) bond motifs is 1. The van der Waals surface area contributed by atoms with Gasteiger partial charge in [-0.05, 0) is 74.6 Å². The van der Waals surface area contributed by atoms with Crippen LogP contribution in [-0.4, -0.2) is 49.1 Å². The first-order valence-electron chi connectivity index (χ1n) is 11.5. The van der Waals surface area contributed by atoms with E-state index in [0.29, 0.717) is 17.0 Å². The lowest BCUT2D eigenvalue weighted by molar-refractivity contribution is 0.300. The summed E-state index contributed by atoms with van der Waals surface area (Å²) in [6.07, 6.45) is 6.87. The van der Waals surface area contributed by atoms with E-state index in [4.69, 9.17) is 20.9 Å². The van der Waals surface area contributed by atoms with Crippen LogP contribution < -0.4 is 14.5 Å². The lowest BCUT2D eigenvalue weighted by Gasteiger charge is -2.32. The number of anilines is 2. The summed E-state index contributed by atoms with van der Waals surface area (Å²) in [4.78, 5) is 4.35. The van der Waals surface area contributed by atoms with Crippen molar-refractivity contribution >= 4 is 34.1 Å². The minimum Gasteiger partial charge on any atom is -0.491 e. The molecule has 2 aromatic heterocycles. The molecule has 0 spiro atoms. The highest BCUT2D eigenvalue weighted by Gasteiger charge is 2.25. The first-order chi connectivity index (χ1) is 15.6. The summed E-state index contributed by atoms with van der Waals surface area (Å²) >= 11 is 5.86. The van der Waals surface area contributed by atoms with Gasteiger partial charge in [0.15, 0.2) is 16.6 Å². The van der Waals surface area contributed by atoms with E-state index >= 15 is 0 Å². The van der Waals surface area contributed by atoms with Crippen molar-refractivity contribution in [1.29, 1.82) is 0 Å². The number of nitrogens with zero attached hydrogens (tertiary/aromatic N) is 5. The molecule has 1 saturated carbocycles. The summed E-state index contributed by atoms with van der Waals surface area (Å²) in [7, 11) is 4.06. The summed E-state index contributed by atoms with van der Waals surface area (Å²) in [6, 6.07) is 7.93. The van der Waals surface area contributed by atoms with Crippen molar-refractivity contribution in [1.82, 2.24) is 15.4 Å². The molecule has 32 heavy (non-hydrogen) atoms. The van der Waals surface area contributed by atoms with E-state index in [1.54, 1.807) is 6.07 Å². The second-order valence-corrected chi connectivity index (χ2v) is 9.64. The van der Waals surface area contributed by atoms with Crippen molar-refractivity contribution in [3.05, 3.63) is 35.1 Å². The van der Waals surface area contributed by atoms with E-state index in [-0.39, 0.29) is 0 Å². The topological polar surface area (TPSA) is 67.5 Å². The first-order valence-corrected chi connectivity index (χ1v) is 11.9. The minimum atomic E-state index is 0.433. The molecule has 1 aromatic carbocycles. The summed E-state index contributed by atoms with van der Waals surface area (Å²) in [5.41, 5.74) is 2.86. The molecular weight excluding hydrogens is 426 g/mol. The van der Waals surface area contributed by atoms with Crippen molar-refractivity contribution in [2.24, 2.45) is 11.8 Å². The van der Waals surface area contributed by atoms with Gasteiger partial charge in [-0.3, -0.25) is 0 Å². The highest BCUT2D eigenvalue weighted by molar-refractivity contribution is 6.29. The van der Waals surface area contributed by atoms with Gasteiger partial charge in [0, 0.05) is 32.6 Å². The zero-order valence-corrected chi connectivity index (χ0v) is 19.5. The molecule has 1 aliphatic carbocycles. The van der Waals surface area contributed by atoms with Crippen LogP contribution >= 0.6 is 11.6 Å². The third kappa shape index (κ3) is 4.63. The Hall–Kier alpha value is -2.54. The van der Waals surface area contributed by atoms with Gasteiger partial charge in [0.1, 0.15) is 11.4 Å². The Morgan fingerprint density at radius 1 is 1.06 bits per heavy atom. The molecule has 3 heterocycles. The molecule has 0 amide bonds. The Labute approximate surface area is 193 Å². The Bertz CT molecular complexity index is 1060. The molecule has 2 aliphatic rings. The van der Waals surface area contributed by atoms with Crippen LogP contribution in [0.4, 0.5) is 11.5 Å². The average molecular weight is 456 g/mol. The summed E-state index contributed by atoms with van der Waals surface area (Å²) in [6.45, 7) is 2.77. The highest BCUT2D eigenvalue weighted by Crippen LogP contribution is 2.39. The van der Waals surface area contributed by atoms with Crippen molar-refractivity contribution in [2.75, 3.05) is 43.6 Å². The summed E-state index contributed by atoms with van der Waals surface area (Å²) in [5, 5.41) is 14.1. The summed E-state index contributed by atoms with van der Waals surface area (Å²) < 4.78 is 11.9. The van der Waals surface area contributed by atoms with Crippen LogP contribution in [0.3, 0.4) is 0 Å². The molecule has 3 aromatic rings. The third-order valence-electron chi connectivity index (χ3n) is 6.62. The molecule has 0 unspecified atom stereocenters. The Morgan fingerprint density at radius 3 is 2.56 bits per heavy atom. The van der Waals surface area contributed by atoms with E-state index in [0.717, 1.165) is 79.3 Å². The van der Waals surface area contributed by atoms with E-state index < -0.39 is 0 Å². The van der Waals surface area contributed by atoms with Crippen molar-refractivity contribution in [3.8, 4) is 5.75 Å². The fourth-order valence-electron chi connectivity index (χ4n) is 4.50. The number of aromatic nitrogens is 3. The number of aryl methyl sites for hydroxylation is 1. The maximum absolute atomic E-state index is 6.10. The van der Waals surface area contributed by atoms with Crippen LogP contribution in [0.1, 0.15) is 37.8 Å². The predicted octanol–water partition coefficient (Wildman–Crippen LogP) is 4.98. The number of ether oxygens (including phenoxy) is 1. The number of piperidine rings is 1. The van der Waals surface area contributed by atoms with Crippen LogP contribution in [0.25, 0.3) is 11.0 Å². The molecular formula is C24H30ClN5O2. The number of benzene rings is 1. The maximum atomic E-state index is 6.10. The van der Waals surface area contributed by atoms with Crippen LogP contribution in [0.5, 0.6) is 5.75 Å². The lowest BCUT2D eigenvalue weighted by Crippen LogP contribution is -2.34. The lowest BCUT2D eigenvalue weighted by atomic mass is 9.91. The Balaban J connectivity index is 1.22. The van der Waals surface area contributed by atoms with Gasteiger partial charge < -0.3 is 19.1 Å². The molecule has 1 saturated heterocycles. The predicted molar refractivity (Wildman–Crippen MR) is 127 cm³/mol. The van der Waals surface area contributed by atoms with E-state index in [1.165, 1.54) is 12.8 Å². The van der Waals surface area contributed by atoms with Crippen molar-refractivity contribution in [3.63, 3.8) is 0 Å². The second-order valence-electron chi connectivity index (χ2n) is 9.25. The third-order valence-corrected chi connectivity index (χ3v) is 6.82. The van der Waals surface area contributed by atoms with Crippen LogP contribution in [0.2, 0.25) is 5.15 Å². The largest absolute Gasteiger partial charge is 0.491 e. The van der Waals surface area contributed by atoms with Gasteiger partial charge in [0.25, 0.3) is 0 Å². The van der Waals surface area contributed by atoms with Gasteiger partial charge in [-0.1, -0.05) is 16.8 Å². The minimum absolute atomic E-state index is 0.433. The SMILES string of the molecule is CN(C)c1c(OCC2CC2)ccc2c(CCC3CCN(c4ccc(Cl)nn4)CC3)noc12. The fourth-order valence-corrected chi connectivity index (χ4v) is 4.61. The summed E-state index contributed by atoms with van der Waals surface area (Å²) in [5.74, 6) is 3.18. The second kappa shape index (κ2) is 9.14. The van der Waals surface area contributed by atoms with E-state index in [9.17, 15) is 0 Å². The van der Waals surface area contributed by atoms with E-state index in [2.05, 4.69) is 37.3 Å². The van der Waals surface area contributed by atoms with Gasteiger partial charge in [0.2, 0.25) is 0 Å². The maximum Gasteiger partial charge on any atom is 0.194 e. The van der Waals surface area contributed by atoms with Gasteiger partial charge in [0.05, 0.1) is 12.3 Å². The fraction of sp³-hybridized carbons (Fsp3) is 0.542. The highest BCUT2D eigenvalue weighted by atomic mass is 35.5. The first kappa shape index (κ1) is 21.3. The van der Waals surface area contributed by atoms with Crippen molar-refractivity contribution < 1.29 is 9.26 Å². The van der Waals surface area contributed by atoms with Crippen LogP contribution in [0, 0.1) is 11.8 Å². The smallest absolute Gasteiger partial charge is 0.194 e. The van der Waals surface area contributed by atoms with Crippen LogP contribution in [-0.2, 0) is 6.42 Å². The number of halogens is 1. The molecule has 7 nitrogen and oxygen atoms in total. The van der Waals surface area contributed by atoms with Gasteiger partial charge in [-0.2, -0.15) is 0 Å². The molecule has 170 valence electrons. The van der Waals surface area contributed by atoms with Gasteiger partial charge in [-0.25, -0.2) is 0 Å². The quantitative estimate of drug-likeness (QED) is 0.474. The normalized spacial score (nSPS) is 17.2. The number of hydrogen-bond acceptors (Lipinski definition) is 7. The van der Waals surface area contributed by atoms with E-state index in [1.807, 2.05) is 20.2 Å². The number of rotatable bonds is 8. The number of hydrogen-bond donors (Lipinski definition) is 0. The van der Waals surface area contributed by atoms with Gasteiger partial charge in [-0.15, -0.1) is 10.2 Å². The average Bonchev–Trinajstić information content (AvgIpc) is 3.55. The zero-order chi connectivity index (χ0) is 22.1. The standard InChI is InChI=1S/C24H30ClN5O2/c1-29(2)23-20(31-15-17-3-4-17)8-6-18-19(28-32-24(18)23)7-5-16-11-13-30(14-12-16)22-10-9-21(25)26-27-22/h6,8-10,16-17H,3-5,7,11-15H2,1-2H3. The monoisotopic (exact) mass is 455 g/mol. The van der Waals surface area contributed by atoms with Crippen LogP contribution in [0.15, 0.2) is 28.8 Å². The molecule has 8 heteroatoms. The van der Waals surface area contributed by atoms with Gasteiger partial charge >= 0.3 is 0 Å². The Morgan fingerprint density at radius 2 is 1.88 bits per heavy atom. The Kier molecular flexibility index (Phi) is 6.09. The zero-order valence-electron chi connectivity index (χ0n) is 18.8. The molecule has 5 rings (SSSR count). The molecule has 2 fully saturated rings. The molecule has 1 aliphatic heterocycles. The molecule has 0 radical (unpaired) electrons. The molecule has 0 bridgehead atoms. The van der Waals surface area contributed by atoms with Crippen molar-refractivity contribution in [2.45, 2.75) is 38.5 Å².